The zero-order chi connectivity index (χ0) is 15.1. The minimum Gasteiger partial charge on any atom is -0.494 e. The highest BCUT2D eigenvalue weighted by Gasteiger charge is 2.04. The molecule has 110 valence electrons. The smallest absolute Gasteiger partial charge is 0.228 e. The van der Waals surface area contributed by atoms with Gasteiger partial charge < -0.3 is 15.2 Å². The van der Waals surface area contributed by atoms with Gasteiger partial charge in [0.05, 0.1) is 19.6 Å². The van der Waals surface area contributed by atoms with Crippen LogP contribution in [0.2, 0.25) is 0 Å². The van der Waals surface area contributed by atoms with Crippen LogP contribution in [0.3, 0.4) is 0 Å². The van der Waals surface area contributed by atoms with E-state index in [0.717, 1.165) is 22.6 Å². The highest BCUT2D eigenvalue weighted by molar-refractivity contribution is 5.92. The summed E-state index contributed by atoms with van der Waals surface area (Å²) in [5.74, 6) is 0.733. The molecular formula is C17H19NO3. The van der Waals surface area contributed by atoms with Gasteiger partial charge in [-0.05, 0) is 42.3 Å². The number of anilines is 1. The third kappa shape index (κ3) is 4.61. The molecule has 0 atom stereocenters. The van der Waals surface area contributed by atoms with Crippen molar-refractivity contribution in [1.82, 2.24) is 0 Å². The van der Waals surface area contributed by atoms with Crippen LogP contribution in [-0.2, 0) is 17.8 Å². The van der Waals surface area contributed by atoms with E-state index in [1.54, 1.807) is 24.3 Å². The molecule has 0 aliphatic carbocycles. The molecule has 0 aliphatic heterocycles. The maximum atomic E-state index is 12.0. The molecule has 0 saturated carbocycles. The first kappa shape index (κ1) is 15.1. The molecule has 0 saturated heterocycles. The number of hydrogen-bond donors (Lipinski definition) is 2. The highest BCUT2D eigenvalue weighted by atomic mass is 16.5. The fourth-order valence-corrected chi connectivity index (χ4v) is 1.95. The Morgan fingerprint density at radius 1 is 1.05 bits per heavy atom. The third-order valence-electron chi connectivity index (χ3n) is 3.02. The normalized spacial score (nSPS) is 10.2. The van der Waals surface area contributed by atoms with Crippen LogP contribution in [0.15, 0.2) is 48.5 Å². The van der Waals surface area contributed by atoms with Gasteiger partial charge in [-0.25, -0.2) is 0 Å². The fraction of sp³-hybridized carbons (Fsp3) is 0.235. The van der Waals surface area contributed by atoms with Crippen LogP contribution in [0.5, 0.6) is 5.75 Å². The average Bonchev–Trinajstić information content (AvgIpc) is 2.50. The highest BCUT2D eigenvalue weighted by Crippen LogP contribution is 2.14. The number of amides is 1. The van der Waals surface area contributed by atoms with Crippen molar-refractivity contribution in [1.29, 1.82) is 0 Å². The zero-order valence-electron chi connectivity index (χ0n) is 12.0. The van der Waals surface area contributed by atoms with Crippen LogP contribution in [0.1, 0.15) is 18.1 Å². The van der Waals surface area contributed by atoms with E-state index < -0.39 is 0 Å². The predicted molar refractivity (Wildman–Crippen MR) is 82.3 cm³/mol. The Balaban J connectivity index is 1.91. The molecule has 0 radical (unpaired) electrons. The molecule has 4 nitrogen and oxygen atoms in total. The summed E-state index contributed by atoms with van der Waals surface area (Å²) in [7, 11) is 0. The molecule has 0 spiro atoms. The van der Waals surface area contributed by atoms with Gasteiger partial charge in [-0.1, -0.05) is 24.3 Å². The molecule has 2 aromatic rings. The van der Waals surface area contributed by atoms with Crippen molar-refractivity contribution in [2.24, 2.45) is 0 Å². The Kier molecular flexibility index (Phi) is 5.35. The maximum absolute atomic E-state index is 12.0. The van der Waals surface area contributed by atoms with E-state index in [4.69, 9.17) is 9.84 Å². The van der Waals surface area contributed by atoms with Gasteiger partial charge in [-0.2, -0.15) is 0 Å². The largest absolute Gasteiger partial charge is 0.494 e. The maximum Gasteiger partial charge on any atom is 0.228 e. The van der Waals surface area contributed by atoms with Gasteiger partial charge in [0.15, 0.2) is 0 Å². The fourth-order valence-electron chi connectivity index (χ4n) is 1.95. The van der Waals surface area contributed by atoms with Gasteiger partial charge in [0.25, 0.3) is 0 Å². The van der Waals surface area contributed by atoms with E-state index in [9.17, 15) is 4.79 Å². The average molecular weight is 285 g/mol. The summed E-state index contributed by atoms with van der Waals surface area (Å²) in [6.07, 6.45) is 0.314. The van der Waals surface area contributed by atoms with Crippen molar-refractivity contribution < 1.29 is 14.6 Å². The minimum absolute atomic E-state index is 0.000403. The number of ether oxygens (including phenoxy) is 1. The number of carbonyl (C=O) groups is 1. The van der Waals surface area contributed by atoms with E-state index in [1.165, 1.54) is 0 Å². The Hall–Kier alpha value is -2.33. The predicted octanol–water partition coefficient (Wildman–Crippen LogP) is 2.76. The second kappa shape index (κ2) is 7.45. The molecule has 2 rings (SSSR count). The number of nitrogens with one attached hydrogen (secondary N) is 1. The van der Waals surface area contributed by atoms with Crippen molar-refractivity contribution in [2.75, 3.05) is 11.9 Å². The van der Waals surface area contributed by atoms with Gasteiger partial charge in [0.1, 0.15) is 5.75 Å². The molecule has 0 aromatic heterocycles. The molecule has 4 heteroatoms. The molecule has 2 N–H and O–H groups in total. The molecule has 0 heterocycles. The molecule has 0 bridgehead atoms. The van der Waals surface area contributed by atoms with Crippen LogP contribution >= 0.6 is 0 Å². The van der Waals surface area contributed by atoms with Crippen LogP contribution in [0.25, 0.3) is 0 Å². The topological polar surface area (TPSA) is 58.6 Å². The molecular weight excluding hydrogens is 266 g/mol. The number of carbonyl (C=O) groups excluding carboxylic acids is 1. The zero-order valence-corrected chi connectivity index (χ0v) is 12.0. The second-order valence-electron chi connectivity index (χ2n) is 4.66. The number of hydrogen-bond acceptors (Lipinski definition) is 3. The summed E-state index contributed by atoms with van der Waals surface area (Å²) in [5.41, 5.74) is 2.48. The van der Waals surface area contributed by atoms with Crippen molar-refractivity contribution in [3.63, 3.8) is 0 Å². The number of rotatable bonds is 6. The van der Waals surface area contributed by atoms with Gasteiger partial charge in [0.2, 0.25) is 5.91 Å². The number of aliphatic hydroxyl groups excluding tert-OH is 1. The van der Waals surface area contributed by atoms with E-state index in [2.05, 4.69) is 5.32 Å². The first-order valence-electron chi connectivity index (χ1n) is 6.92. The Bertz CT molecular complexity index is 576. The van der Waals surface area contributed by atoms with Crippen LogP contribution in [0.4, 0.5) is 5.69 Å². The third-order valence-corrected chi connectivity index (χ3v) is 3.02. The lowest BCUT2D eigenvalue weighted by Gasteiger charge is -2.07. The quantitative estimate of drug-likeness (QED) is 0.858. The summed E-state index contributed by atoms with van der Waals surface area (Å²) >= 11 is 0. The Morgan fingerprint density at radius 3 is 2.24 bits per heavy atom. The first-order valence-corrected chi connectivity index (χ1v) is 6.92. The summed E-state index contributed by atoms with van der Waals surface area (Å²) in [4.78, 5) is 12.0. The molecule has 2 aromatic carbocycles. The second-order valence-corrected chi connectivity index (χ2v) is 4.66. The van der Waals surface area contributed by atoms with Gasteiger partial charge in [-0.3, -0.25) is 4.79 Å². The Labute approximate surface area is 124 Å². The monoisotopic (exact) mass is 285 g/mol. The lowest BCUT2D eigenvalue weighted by Crippen LogP contribution is -2.14. The van der Waals surface area contributed by atoms with E-state index in [0.29, 0.717) is 13.0 Å². The van der Waals surface area contributed by atoms with E-state index >= 15 is 0 Å². The lowest BCUT2D eigenvalue weighted by molar-refractivity contribution is -0.115. The summed E-state index contributed by atoms with van der Waals surface area (Å²) in [5, 5.41) is 11.8. The number of aliphatic hydroxyl groups is 1. The van der Waals surface area contributed by atoms with E-state index in [1.807, 2.05) is 31.2 Å². The van der Waals surface area contributed by atoms with Crippen LogP contribution in [0, 0.1) is 0 Å². The minimum atomic E-state index is -0.0732. The molecule has 1 amide bonds. The first-order chi connectivity index (χ1) is 10.2. The summed E-state index contributed by atoms with van der Waals surface area (Å²) in [6.45, 7) is 2.56. The van der Waals surface area contributed by atoms with Crippen molar-refractivity contribution in [2.45, 2.75) is 20.0 Å². The van der Waals surface area contributed by atoms with Crippen molar-refractivity contribution in [3.8, 4) is 5.75 Å². The standard InChI is InChI=1S/C17H19NO3/c1-2-21-16-9-5-13(6-10-16)11-17(20)18-15-7-3-14(12-19)4-8-15/h3-10,19H,2,11-12H2,1H3,(H,18,20). The van der Waals surface area contributed by atoms with Gasteiger partial charge in [-0.15, -0.1) is 0 Å². The van der Waals surface area contributed by atoms with Crippen LogP contribution < -0.4 is 10.1 Å². The molecule has 0 aliphatic rings. The lowest BCUT2D eigenvalue weighted by atomic mass is 10.1. The van der Waals surface area contributed by atoms with Crippen LogP contribution in [-0.4, -0.2) is 17.6 Å². The van der Waals surface area contributed by atoms with Crippen molar-refractivity contribution in [3.05, 3.63) is 59.7 Å². The summed E-state index contributed by atoms with van der Waals surface area (Å²) < 4.78 is 5.36. The van der Waals surface area contributed by atoms with Crippen molar-refractivity contribution >= 4 is 11.6 Å². The van der Waals surface area contributed by atoms with Gasteiger partial charge in [0, 0.05) is 5.69 Å². The number of benzene rings is 2. The Morgan fingerprint density at radius 2 is 1.67 bits per heavy atom. The summed E-state index contributed by atoms with van der Waals surface area (Å²) in [6, 6.07) is 14.6. The SMILES string of the molecule is CCOc1ccc(CC(=O)Nc2ccc(CO)cc2)cc1. The molecule has 0 unspecified atom stereocenters. The molecule has 21 heavy (non-hydrogen) atoms. The van der Waals surface area contributed by atoms with E-state index in [-0.39, 0.29) is 12.5 Å². The molecule has 0 fully saturated rings. The van der Waals surface area contributed by atoms with Gasteiger partial charge >= 0.3 is 0 Å².